The van der Waals surface area contributed by atoms with Crippen LogP contribution >= 0.6 is 0 Å². The van der Waals surface area contributed by atoms with E-state index in [-0.39, 0.29) is 17.1 Å². The lowest BCUT2D eigenvalue weighted by Crippen LogP contribution is -2.53. The second kappa shape index (κ2) is 4.83. The molecule has 0 unspecified atom stereocenters. The first-order valence-electron chi connectivity index (χ1n) is 6.67. The molecular formula is C15H21FN2O. The molecule has 1 saturated carbocycles. The van der Waals surface area contributed by atoms with Gasteiger partial charge in [-0.15, -0.1) is 0 Å². The highest BCUT2D eigenvalue weighted by Gasteiger charge is 2.42. The van der Waals surface area contributed by atoms with Crippen molar-refractivity contribution in [2.45, 2.75) is 45.1 Å². The summed E-state index contributed by atoms with van der Waals surface area (Å²) in [4.78, 5) is 11.8. The average molecular weight is 264 g/mol. The molecule has 104 valence electrons. The van der Waals surface area contributed by atoms with Crippen LogP contribution < -0.4 is 11.1 Å². The summed E-state index contributed by atoms with van der Waals surface area (Å²) < 4.78 is 12.9. The lowest BCUT2D eigenvalue weighted by atomic mass is 9.69. The van der Waals surface area contributed by atoms with Crippen molar-refractivity contribution in [3.8, 4) is 0 Å². The van der Waals surface area contributed by atoms with E-state index in [2.05, 4.69) is 19.2 Å². The summed E-state index contributed by atoms with van der Waals surface area (Å²) in [6.45, 7) is 4.41. The van der Waals surface area contributed by atoms with Gasteiger partial charge in [0.2, 0.25) is 5.91 Å². The van der Waals surface area contributed by atoms with Crippen LogP contribution in [0, 0.1) is 11.2 Å². The third kappa shape index (κ3) is 3.06. The number of carbonyl (C=O) groups excluding carboxylic acids is 1. The Morgan fingerprint density at radius 3 is 2.16 bits per heavy atom. The zero-order chi connectivity index (χ0) is 14.1. The van der Waals surface area contributed by atoms with Gasteiger partial charge in [0.05, 0.1) is 0 Å². The van der Waals surface area contributed by atoms with E-state index in [1.807, 2.05) is 0 Å². The van der Waals surface area contributed by atoms with Crippen molar-refractivity contribution in [1.29, 1.82) is 0 Å². The fraction of sp³-hybridized carbons (Fsp3) is 0.533. The molecule has 0 atom stereocenters. The van der Waals surface area contributed by atoms with Crippen LogP contribution in [-0.2, 0) is 4.79 Å². The second-order valence-corrected chi connectivity index (χ2v) is 6.24. The number of anilines is 1. The molecule has 0 heterocycles. The number of carbonyl (C=O) groups is 1. The maximum Gasteiger partial charge on any atom is 0.243 e. The van der Waals surface area contributed by atoms with Crippen LogP contribution in [0.2, 0.25) is 0 Å². The monoisotopic (exact) mass is 264 g/mol. The smallest absolute Gasteiger partial charge is 0.243 e. The third-order valence-corrected chi connectivity index (χ3v) is 4.16. The molecule has 2 rings (SSSR count). The summed E-state index contributed by atoms with van der Waals surface area (Å²) in [7, 11) is 0. The van der Waals surface area contributed by atoms with Crippen molar-refractivity contribution in [3.05, 3.63) is 30.1 Å². The molecule has 1 fully saturated rings. The Morgan fingerprint density at radius 2 is 1.68 bits per heavy atom. The van der Waals surface area contributed by atoms with Gasteiger partial charge in [-0.05, 0) is 55.4 Å². The number of primary amides is 1. The summed E-state index contributed by atoms with van der Waals surface area (Å²) in [6.07, 6.45) is 3.33. The zero-order valence-electron chi connectivity index (χ0n) is 11.5. The molecule has 1 aliphatic carbocycles. The quantitative estimate of drug-likeness (QED) is 0.881. The molecule has 4 heteroatoms. The highest BCUT2D eigenvalue weighted by Crippen LogP contribution is 2.41. The van der Waals surface area contributed by atoms with Crippen molar-refractivity contribution >= 4 is 11.6 Å². The van der Waals surface area contributed by atoms with Gasteiger partial charge in [0.1, 0.15) is 11.4 Å². The van der Waals surface area contributed by atoms with E-state index in [0.29, 0.717) is 12.8 Å². The number of nitrogens with one attached hydrogen (secondary N) is 1. The zero-order valence-corrected chi connectivity index (χ0v) is 11.5. The number of hydrogen-bond donors (Lipinski definition) is 2. The molecule has 1 aromatic carbocycles. The van der Waals surface area contributed by atoms with E-state index >= 15 is 0 Å². The maximum absolute atomic E-state index is 12.9. The topological polar surface area (TPSA) is 55.1 Å². The van der Waals surface area contributed by atoms with Crippen LogP contribution in [0.3, 0.4) is 0 Å². The second-order valence-electron chi connectivity index (χ2n) is 6.24. The predicted molar refractivity (Wildman–Crippen MR) is 74.2 cm³/mol. The van der Waals surface area contributed by atoms with Crippen LogP contribution in [0.5, 0.6) is 0 Å². The molecule has 0 aliphatic heterocycles. The Hall–Kier alpha value is -1.58. The normalized spacial score (nSPS) is 20.8. The molecule has 0 bridgehead atoms. The highest BCUT2D eigenvalue weighted by molar-refractivity contribution is 5.88. The van der Waals surface area contributed by atoms with E-state index in [9.17, 15) is 9.18 Å². The Bertz CT molecular complexity index is 458. The summed E-state index contributed by atoms with van der Waals surface area (Å²) in [5.74, 6) is -0.615. The van der Waals surface area contributed by atoms with Crippen LogP contribution in [0.4, 0.5) is 10.1 Å². The number of hydrogen-bond acceptors (Lipinski definition) is 2. The average Bonchev–Trinajstić information content (AvgIpc) is 2.35. The first kappa shape index (κ1) is 13.8. The van der Waals surface area contributed by atoms with Crippen LogP contribution in [0.1, 0.15) is 39.5 Å². The fourth-order valence-electron chi connectivity index (χ4n) is 2.60. The summed E-state index contributed by atoms with van der Waals surface area (Å²) in [5.41, 5.74) is 5.88. The number of halogens is 1. The molecule has 0 saturated heterocycles. The lowest BCUT2D eigenvalue weighted by Gasteiger charge is -2.42. The minimum absolute atomic E-state index is 0.253. The SMILES string of the molecule is CC1(C)CCC(Nc2ccc(F)cc2)(C(N)=O)CC1. The van der Waals surface area contributed by atoms with E-state index in [1.165, 1.54) is 12.1 Å². The van der Waals surface area contributed by atoms with Crippen LogP contribution in [0.25, 0.3) is 0 Å². The van der Waals surface area contributed by atoms with Gasteiger partial charge in [-0.25, -0.2) is 4.39 Å². The maximum atomic E-state index is 12.9. The Kier molecular flexibility index (Phi) is 3.52. The van der Waals surface area contributed by atoms with Crippen molar-refractivity contribution in [2.24, 2.45) is 11.1 Å². The minimum atomic E-state index is -0.701. The van der Waals surface area contributed by atoms with Gasteiger partial charge in [0.15, 0.2) is 0 Å². The van der Waals surface area contributed by atoms with E-state index in [4.69, 9.17) is 5.73 Å². The van der Waals surface area contributed by atoms with Gasteiger partial charge in [0.25, 0.3) is 0 Å². The first-order valence-corrected chi connectivity index (χ1v) is 6.67. The molecule has 3 N–H and O–H groups in total. The van der Waals surface area contributed by atoms with Crippen molar-refractivity contribution in [1.82, 2.24) is 0 Å². The molecule has 3 nitrogen and oxygen atoms in total. The fourth-order valence-corrected chi connectivity index (χ4v) is 2.60. The molecule has 0 spiro atoms. The molecule has 1 amide bonds. The number of nitrogens with two attached hydrogens (primary N) is 1. The van der Waals surface area contributed by atoms with Crippen LogP contribution in [0.15, 0.2) is 24.3 Å². The molecule has 0 aromatic heterocycles. The number of amides is 1. The number of benzene rings is 1. The highest BCUT2D eigenvalue weighted by atomic mass is 19.1. The largest absolute Gasteiger partial charge is 0.371 e. The van der Waals surface area contributed by atoms with E-state index in [1.54, 1.807) is 12.1 Å². The van der Waals surface area contributed by atoms with Gasteiger partial charge >= 0.3 is 0 Å². The van der Waals surface area contributed by atoms with Gasteiger partial charge in [-0.2, -0.15) is 0 Å². The Balaban J connectivity index is 2.17. The third-order valence-electron chi connectivity index (χ3n) is 4.16. The van der Waals surface area contributed by atoms with Crippen molar-refractivity contribution in [2.75, 3.05) is 5.32 Å². The summed E-state index contributed by atoms with van der Waals surface area (Å²) >= 11 is 0. The van der Waals surface area contributed by atoms with Gasteiger partial charge in [-0.1, -0.05) is 13.8 Å². The Morgan fingerprint density at radius 1 is 1.16 bits per heavy atom. The Labute approximate surface area is 113 Å². The standard InChI is InChI=1S/C15H21FN2O/c1-14(2)7-9-15(10-8-14,13(17)19)18-12-5-3-11(16)4-6-12/h3-6,18H,7-10H2,1-2H3,(H2,17,19). The minimum Gasteiger partial charge on any atom is -0.371 e. The summed E-state index contributed by atoms with van der Waals surface area (Å²) in [5, 5.41) is 3.22. The molecular weight excluding hydrogens is 243 g/mol. The first-order chi connectivity index (χ1) is 8.83. The molecule has 1 aliphatic rings. The van der Waals surface area contributed by atoms with Gasteiger partial charge in [0, 0.05) is 5.69 Å². The molecule has 1 aromatic rings. The van der Waals surface area contributed by atoms with E-state index < -0.39 is 5.54 Å². The number of rotatable bonds is 3. The molecule has 19 heavy (non-hydrogen) atoms. The molecule has 0 radical (unpaired) electrons. The van der Waals surface area contributed by atoms with Crippen LogP contribution in [-0.4, -0.2) is 11.4 Å². The van der Waals surface area contributed by atoms with Gasteiger partial charge in [-0.3, -0.25) is 4.79 Å². The van der Waals surface area contributed by atoms with E-state index in [0.717, 1.165) is 18.5 Å². The predicted octanol–water partition coefficient (Wildman–Crippen LogP) is 3.06. The summed E-state index contributed by atoms with van der Waals surface area (Å²) in [6, 6.07) is 6.03. The lowest BCUT2D eigenvalue weighted by molar-refractivity contribution is -0.124. The van der Waals surface area contributed by atoms with Crippen molar-refractivity contribution in [3.63, 3.8) is 0 Å². The van der Waals surface area contributed by atoms with Gasteiger partial charge < -0.3 is 11.1 Å². The van der Waals surface area contributed by atoms with Crippen molar-refractivity contribution < 1.29 is 9.18 Å².